The Labute approximate surface area is 122 Å². The number of hydrogen-bond acceptors (Lipinski definition) is 8. The lowest BCUT2D eigenvalue weighted by atomic mass is 10.7. The summed E-state index contributed by atoms with van der Waals surface area (Å²) in [4.78, 5) is 9.54. The van der Waals surface area contributed by atoms with E-state index in [1.165, 1.54) is 27.1 Å². The first-order chi connectivity index (χ1) is 9.51. The molecule has 0 aromatic carbocycles. The molecular weight excluding hydrogens is 320 g/mol. The van der Waals surface area contributed by atoms with E-state index in [2.05, 4.69) is 20.1 Å². The number of imidazole rings is 1. The summed E-state index contributed by atoms with van der Waals surface area (Å²) in [6, 6.07) is 0. The monoisotopic (exact) mass is 330 g/mol. The highest BCUT2D eigenvalue weighted by Gasteiger charge is 2.26. The molecule has 0 aliphatic carbocycles. The lowest BCUT2D eigenvalue weighted by molar-refractivity contribution is 0.597. The molecule has 4 N–H and O–H groups in total. The second-order valence-corrected chi connectivity index (χ2v) is 7.55. The van der Waals surface area contributed by atoms with Crippen LogP contribution in [0, 0.1) is 6.92 Å². The second kappa shape index (κ2) is 4.70. The Hall–Kier alpha value is -1.69. The van der Waals surface area contributed by atoms with Crippen molar-refractivity contribution in [2.45, 2.75) is 11.9 Å². The standard InChI is InChI=1S/C9H10N6O2S3/c1-5-4-11-8(19-5)14-20(16,17)7-6(13-10)12-9-15(7)2-3-18-9/h2-4,13H,10H2,1H3,(H,11,14). The van der Waals surface area contributed by atoms with Gasteiger partial charge in [0, 0.05) is 22.7 Å². The Bertz CT molecular complexity index is 861. The van der Waals surface area contributed by atoms with E-state index in [1.807, 2.05) is 6.92 Å². The number of anilines is 2. The highest BCUT2D eigenvalue weighted by molar-refractivity contribution is 7.93. The molecule has 0 amide bonds. The third kappa shape index (κ3) is 2.14. The van der Waals surface area contributed by atoms with Crippen LogP contribution in [-0.2, 0) is 10.0 Å². The summed E-state index contributed by atoms with van der Waals surface area (Å²) in [5.41, 5.74) is 2.31. The topological polar surface area (TPSA) is 114 Å². The molecule has 8 nitrogen and oxygen atoms in total. The van der Waals surface area contributed by atoms with Gasteiger partial charge in [-0.15, -0.1) is 22.7 Å². The van der Waals surface area contributed by atoms with Crippen molar-refractivity contribution in [1.82, 2.24) is 14.4 Å². The molecule has 0 aliphatic heterocycles. The molecule has 0 saturated carbocycles. The molecule has 0 fully saturated rings. The van der Waals surface area contributed by atoms with Gasteiger partial charge in [-0.2, -0.15) is 13.4 Å². The van der Waals surface area contributed by atoms with Crippen molar-refractivity contribution in [1.29, 1.82) is 0 Å². The zero-order chi connectivity index (χ0) is 14.3. The molecule has 0 unspecified atom stereocenters. The van der Waals surface area contributed by atoms with Crippen molar-refractivity contribution in [3.05, 3.63) is 22.7 Å². The van der Waals surface area contributed by atoms with Crippen LogP contribution in [0.1, 0.15) is 4.88 Å². The maximum absolute atomic E-state index is 12.5. The SMILES string of the molecule is Cc1cnc(NS(=O)(=O)c2c(NN)nc3sccn23)s1. The van der Waals surface area contributed by atoms with Crippen molar-refractivity contribution in [3.63, 3.8) is 0 Å². The second-order valence-electron chi connectivity index (χ2n) is 3.85. The van der Waals surface area contributed by atoms with E-state index in [-0.39, 0.29) is 10.8 Å². The largest absolute Gasteiger partial charge is 0.306 e. The number of aromatic nitrogens is 3. The third-order valence-electron chi connectivity index (χ3n) is 2.45. The van der Waals surface area contributed by atoms with Gasteiger partial charge in [0.05, 0.1) is 0 Å². The fourth-order valence-electron chi connectivity index (χ4n) is 1.68. The number of nitrogen functional groups attached to an aromatic ring is 1. The van der Waals surface area contributed by atoms with Gasteiger partial charge >= 0.3 is 0 Å². The summed E-state index contributed by atoms with van der Waals surface area (Å²) in [5.74, 6) is 5.44. The van der Waals surface area contributed by atoms with Crippen molar-refractivity contribution in [3.8, 4) is 0 Å². The van der Waals surface area contributed by atoms with E-state index in [1.54, 1.807) is 17.8 Å². The van der Waals surface area contributed by atoms with Gasteiger partial charge in [-0.1, -0.05) is 0 Å². The van der Waals surface area contributed by atoms with Gasteiger partial charge in [0.2, 0.25) is 5.03 Å². The Kier molecular flexibility index (Phi) is 3.12. The number of nitrogens with two attached hydrogens (primary N) is 1. The normalized spacial score (nSPS) is 11.9. The van der Waals surface area contributed by atoms with Crippen LogP contribution in [0.3, 0.4) is 0 Å². The van der Waals surface area contributed by atoms with Gasteiger partial charge in [-0.25, -0.2) is 10.8 Å². The summed E-state index contributed by atoms with van der Waals surface area (Å²) >= 11 is 2.57. The molecule has 0 radical (unpaired) electrons. The van der Waals surface area contributed by atoms with Gasteiger partial charge in [-0.3, -0.25) is 9.12 Å². The molecule has 3 rings (SSSR count). The zero-order valence-corrected chi connectivity index (χ0v) is 12.6. The molecule has 0 saturated heterocycles. The average molecular weight is 330 g/mol. The van der Waals surface area contributed by atoms with Gasteiger partial charge in [0.25, 0.3) is 10.0 Å². The first-order valence-electron chi connectivity index (χ1n) is 5.38. The Morgan fingerprint density at radius 2 is 2.25 bits per heavy atom. The first kappa shape index (κ1) is 13.3. The van der Waals surface area contributed by atoms with Crippen LogP contribution >= 0.6 is 22.7 Å². The van der Waals surface area contributed by atoms with E-state index >= 15 is 0 Å². The predicted octanol–water partition coefficient (Wildman–Crippen LogP) is 1.25. The predicted molar refractivity (Wildman–Crippen MR) is 78.5 cm³/mol. The molecule has 0 spiro atoms. The van der Waals surface area contributed by atoms with Crippen LogP contribution in [0.2, 0.25) is 0 Å². The average Bonchev–Trinajstić information content (AvgIpc) is 3.02. The maximum Gasteiger partial charge on any atom is 0.283 e. The number of nitrogens with one attached hydrogen (secondary N) is 2. The Morgan fingerprint density at radius 1 is 1.45 bits per heavy atom. The molecule has 3 heterocycles. The van der Waals surface area contributed by atoms with Crippen LogP contribution in [0.5, 0.6) is 0 Å². The molecule has 0 atom stereocenters. The van der Waals surface area contributed by atoms with E-state index in [4.69, 9.17) is 5.84 Å². The summed E-state index contributed by atoms with van der Waals surface area (Å²) in [5, 5.41) is 2.01. The van der Waals surface area contributed by atoms with E-state index in [0.717, 1.165) is 4.88 Å². The third-order valence-corrected chi connectivity index (χ3v) is 5.53. The quantitative estimate of drug-likeness (QED) is 0.490. The number of rotatable bonds is 4. The lowest BCUT2D eigenvalue weighted by Gasteiger charge is -2.05. The molecule has 20 heavy (non-hydrogen) atoms. The van der Waals surface area contributed by atoms with Gasteiger partial charge in [0.1, 0.15) is 0 Å². The number of nitrogens with zero attached hydrogens (tertiary/aromatic N) is 3. The van der Waals surface area contributed by atoms with Crippen molar-refractivity contribution < 1.29 is 8.42 Å². The Morgan fingerprint density at radius 3 is 2.90 bits per heavy atom. The van der Waals surface area contributed by atoms with Gasteiger partial charge < -0.3 is 5.43 Å². The summed E-state index contributed by atoms with van der Waals surface area (Å²) in [7, 11) is -3.83. The number of hydrazine groups is 1. The van der Waals surface area contributed by atoms with E-state index in [0.29, 0.717) is 10.1 Å². The molecule has 3 aromatic heterocycles. The molecule has 11 heteroatoms. The fraction of sp³-hybridized carbons (Fsp3) is 0.111. The zero-order valence-electron chi connectivity index (χ0n) is 10.2. The number of hydrogen-bond donors (Lipinski definition) is 3. The summed E-state index contributed by atoms with van der Waals surface area (Å²) in [6.45, 7) is 1.85. The molecule has 3 aromatic rings. The molecular formula is C9H10N6O2S3. The van der Waals surface area contributed by atoms with Crippen molar-refractivity contribution >= 4 is 48.6 Å². The van der Waals surface area contributed by atoms with Crippen LogP contribution < -0.4 is 16.0 Å². The minimum atomic E-state index is -3.83. The maximum atomic E-state index is 12.5. The van der Waals surface area contributed by atoms with Crippen molar-refractivity contribution in [2.75, 3.05) is 10.1 Å². The highest BCUT2D eigenvalue weighted by Crippen LogP contribution is 2.27. The minimum Gasteiger partial charge on any atom is -0.306 e. The van der Waals surface area contributed by atoms with Crippen LogP contribution in [0.25, 0.3) is 4.96 Å². The first-order valence-corrected chi connectivity index (χ1v) is 8.56. The van der Waals surface area contributed by atoms with Crippen molar-refractivity contribution in [2.24, 2.45) is 5.84 Å². The minimum absolute atomic E-state index is 0.0379. The van der Waals surface area contributed by atoms with Gasteiger partial charge in [-0.05, 0) is 6.92 Å². The fourth-order valence-corrected chi connectivity index (χ4v) is 4.61. The number of aryl methyl sites for hydroxylation is 1. The lowest BCUT2D eigenvalue weighted by Crippen LogP contribution is -2.18. The Balaban J connectivity index is 2.10. The summed E-state index contributed by atoms with van der Waals surface area (Å²) < 4.78 is 28.8. The highest BCUT2D eigenvalue weighted by atomic mass is 32.2. The number of sulfonamides is 1. The summed E-state index contributed by atoms with van der Waals surface area (Å²) in [6.07, 6.45) is 3.22. The van der Waals surface area contributed by atoms with Gasteiger partial charge in [0.15, 0.2) is 15.9 Å². The van der Waals surface area contributed by atoms with Crippen LogP contribution in [0.4, 0.5) is 10.9 Å². The number of fused-ring (bicyclic) bond motifs is 1. The number of thiazole rings is 2. The molecule has 0 bridgehead atoms. The van der Waals surface area contributed by atoms with E-state index in [9.17, 15) is 8.42 Å². The van der Waals surface area contributed by atoms with Crippen LogP contribution in [-0.4, -0.2) is 22.8 Å². The smallest absolute Gasteiger partial charge is 0.283 e. The van der Waals surface area contributed by atoms with Crippen LogP contribution in [0.15, 0.2) is 22.8 Å². The van der Waals surface area contributed by atoms with E-state index < -0.39 is 10.0 Å². The molecule has 106 valence electrons. The molecule has 0 aliphatic rings.